The van der Waals surface area contributed by atoms with Crippen molar-refractivity contribution in [1.29, 1.82) is 0 Å². The van der Waals surface area contributed by atoms with Crippen LogP contribution in [0.4, 0.5) is 5.82 Å². The largest absolute Gasteiger partial charge is 0.364 e. The standard InChI is InChI=1S/C18H14ClN5/c19-14-5-3-4-13(10-14)16-12-23-24-17(7-9-21-18(16)24)22-11-15-6-1-2-8-20-15/h1-10,12,22H,11H2. The molecule has 0 fully saturated rings. The predicted molar refractivity (Wildman–Crippen MR) is 95.0 cm³/mol. The summed E-state index contributed by atoms with van der Waals surface area (Å²) in [5, 5.41) is 8.51. The summed E-state index contributed by atoms with van der Waals surface area (Å²) >= 11 is 6.09. The Kier molecular flexibility index (Phi) is 3.84. The van der Waals surface area contributed by atoms with Gasteiger partial charge in [-0.15, -0.1) is 0 Å². The molecule has 1 N–H and O–H groups in total. The molecular weight excluding hydrogens is 322 g/mol. The molecule has 0 amide bonds. The van der Waals surface area contributed by atoms with E-state index in [2.05, 4.69) is 20.4 Å². The quantitative estimate of drug-likeness (QED) is 0.611. The van der Waals surface area contributed by atoms with Crippen LogP contribution in [0.25, 0.3) is 16.8 Å². The molecule has 0 aliphatic heterocycles. The van der Waals surface area contributed by atoms with Gasteiger partial charge in [-0.1, -0.05) is 29.8 Å². The van der Waals surface area contributed by atoms with Crippen molar-refractivity contribution in [2.24, 2.45) is 0 Å². The Morgan fingerprint density at radius 2 is 1.96 bits per heavy atom. The predicted octanol–water partition coefficient (Wildman–Crippen LogP) is 4.06. The summed E-state index contributed by atoms with van der Waals surface area (Å²) in [5.41, 5.74) is 3.68. The first-order valence-corrected chi connectivity index (χ1v) is 7.91. The summed E-state index contributed by atoms with van der Waals surface area (Å²) in [4.78, 5) is 8.78. The molecule has 3 heterocycles. The zero-order chi connectivity index (χ0) is 16.4. The SMILES string of the molecule is Clc1cccc(-c2cnn3c(NCc4ccccn4)ccnc23)c1. The molecule has 0 aliphatic carbocycles. The average Bonchev–Trinajstić information content (AvgIpc) is 3.05. The maximum atomic E-state index is 6.09. The van der Waals surface area contributed by atoms with Crippen LogP contribution in [0.1, 0.15) is 5.69 Å². The number of aromatic nitrogens is 4. The van der Waals surface area contributed by atoms with Gasteiger partial charge in [-0.3, -0.25) is 4.98 Å². The van der Waals surface area contributed by atoms with E-state index in [-0.39, 0.29) is 0 Å². The number of nitrogens with zero attached hydrogens (tertiary/aromatic N) is 4. The lowest BCUT2D eigenvalue weighted by Crippen LogP contribution is -2.06. The minimum absolute atomic E-state index is 0.617. The molecule has 4 aromatic rings. The lowest BCUT2D eigenvalue weighted by atomic mass is 10.1. The number of hydrogen-bond donors (Lipinski definition) is 1. The van der Waals surface area contributed by atoms with Crippen molar-refractivity contribution in [2.75, 3.05) is 5.32 Å². The van der Waals surface area contributed by atoms with Crippen molar-refractivity contribution in [3.8, 4) is 11.1 Å². The van der Waals surface area contributed by atoms with Gasteiger partial charge >= 0.3 is 0 Å². The number of nitrogens with one attached hydrogen (secondary N) is 1. The molecular formula is C18H14ClN5. The van der Waals surface area contributed by atoms with E-state index in [4.69, 9.17) is 11.6 Å². The molecule has 6 heteroatoms. The molecule has 1 aromatic carbocycles. The van der Waals surface area contributed by atoms with Gasteiger partial charge in [0.2, 0.25) is 0 Å². The maximum Gasteiger partial charge on any atom is 0.165 e. The van der Waals surface area contributed by atoms with E-state index in [0.717, 1.165) is 28.3 Å². The smallest absolute Gasteiger partial charge is 0.165 e. The topological polar surface area (TPSA) is 55.1 Å². The monoisotopic (exact) mass is 335 g/mol. The Morgan fingerprint density at radius 3 is 2.79 bits per heavy atom. The van der Waals surface area contributed by atoms with E-state index < -0.39 is 0 Å². The summed E-state index contributed by atoms with van der Waals surface area (Å²) < 4.78 is 1.79. The highest BCUT2D eigenvalue weighted by atomic mass is 35.5. The second kappa shape index (κ2) is 6.29. The van der Waals surface area contributed by atoms with E-state index in [0.29, 0.717) is 11.6 Å². The number of rotatable bonds is 4. The lowest BCUT2D eigenvalue weighted by Gasteiger charge is -2.08. The van der Waals surface area contributed by atoms with Gasteiger partial charge in [-0.2, -0.15) is 9.61 Å². The fourth-order valence-electron chi connectivity index (χ4n) is 2.57. The van der Waals surface area contributed by atoms with Crippen molar-refractivity contribution in [3.05, 3.63) is 77.8 Å². The molecule has 0 radical (unpaired) electrons. The Balaban J connectivity index is 1.69. The van der Waals surface area contributed by atoms with Gasteiger partial charge in [0.05, 0.1) is 18.4 Å². The number of benzene rings is 1. The third kappa shape index (κ3) is 2.81. The van der Waals surface area contributed by atoms with Gasteiger partial charge in [-0.25, -0.2) is 4.98 Å². The summed E-state index contributed by atoms with van der Waals surface area (Å²) in [6, 6.07) is 15.4. The zero-order valence-corrected chi connectivity index (χ0v) is 13.5. The summed E-state index contributed by atoms with van der Waals surface area (Å²) in [6.07, 6.45) is 5.36. The van der Waals surface area contributed by atoms with Crippen molar-refractivity contribution >= 4 is 23.1 Å². The normalized spacial score (nSPS) is 10.9. The molecule has 24 heavy (non-hydrogen) atoms. The van der Waals surface area contributed by atoms with Crippen LogP contribution in [0.3, 0.4) is 0 Å². The Bertz CT molecular complexity index is 981. The summed E-state index contributed by atoms with van der Waals surface area (Å²) in [5.74, 6) is 0.860. The van der Waals surface area contributed by atoms with Crippen LogP contribution in [-0.4, -0.2) is 19.6 Å². The highest BCUT2D eigenvalue weighted by Gasteiger charge is 2.10. The van der Waals surface area contributed by atoms with Gasteiger partial charge < -0.3 is 5.32 Å². The van der Waals surface area contributed by atoms with E-state index in [1.807, 2.05) is 48.5 Å². The maximum absolute atomic E-state index is 6.09. The molecule has 0 unspecified atom stereocenters. The summed E-state index contributed by atoms with van der Waals surface area (Å²) in [7, 11) is 0. The number of pyridine rings is 1. The van der Waals surface area contributed by atoms with Gasteiger partial charge in [0.25, 0.3) is 0 Å². The molecule has 0 atom stereocenters. The highest BCUT2D eigenvalue weighted by Crippen LogP contribution is 2.27. The first kappa shape index (κ1) is 14.7. The molecule has 0 saturated carbocycles. The second-order valence-corrected chi connectivity index (χ2v) is 5.75. The lowest BCUT2D eigenvalue weighted by molar-refractivity contribution is 0.917. The number of halogens is 1. The van der Waals surface area contributed by atoms with E-state index in [9.17, 15) is 0 Å². The third-order valence-corrected chi connectivity index (χ3v) is 3.95. The number of fused-ring (bicyclic) bond motifs is 1. The van der Waals surface area contributed by atoms with Crippen molar-refractivity contribution in [1.82, 2.24) is 19.6 Å². The molecule has 0 aliphatic rings. The molecule has 4 rings (SSSR count). The molecule has 0 spiro atoms. The third-order valence-electron chi connectivity index (χ3n) is 3.71. The Morgan fingerprint density at radius 1 is 1.00 bits per heavy atom. The summed E-state index contributed by atoms with van der Waals surface area (Å²) in [6.45, 7) is 0.617. The molecule has 0 saturated heterocycles. The van der Waals surface area contributed by atoms with E-state index in [1.54, 1.807) is 23.1 Å². The Hall–Kier alpha value is -2.92. The second-order valence-electron chi connectivity index (χ2n) is 5.31. The van der Waals surface area contributed by atoms with Crippen LogP contribution >= 0.6 is 11.6 Å². The Labute approximate surface area is 144 Å². The molecule has 3 aromatic heterocycles. The van der Waals surface area contributed by atoms with Crippen molar-refractivity contribution in [2.45, 2.75) is 6.54 Å². The zero-order valence-electron chi connectivity index (χ0n) is 12.7. The first-order chi connectivity index (χ1) is 11.8. The minimum Gasteiger partial charge on any atom is -0.364 e. The van der Waals surface area contributed by atoms with Crippen LogP contribution in [0.2, 0.25) is 5.02 Å². The first-order valence-electron chi connectivity index (χ1n) is 7.54. The average molecular weight is 336 g/mol. The number of hydrogen-bond acceptors (Lipinski definition) is 4. The van der Waals surface area contributed by atoms with Gasteiger partial charge in [0.1, 0.15) is 5.82 Å². The van der Waals surface area contributed by atoms with Crippen molar-refractivity contribution < 1.29 is 0 Å². The number of anilines is 1. The van der Waals surface area contributed by atoms with E-state index >= 15 is 0 Å². The van der Waals surface area contributed by atoms with Gasteiger partial charge in [-0.05, 0) is 35.9 Å². The van der Waals surface area contributed by atoms with Gasteiger partial charge in [0.15, 0.2) is 5.65 Å². The fraction of sp³-hybridized carbons (Fsp3) is 0.0556. The van der Waals surface area contributed by atoms with Crippen LogP contribution in [0.15, 0.2) is 67.1 Å². The molecule has 0 bridgehead atoms. The minimum atomic E-state index is 0.617. The van der Waals surface area contributed by atoms with Crippen LogP contribution in [0, 0.1) is 0 Å². The van der Waals surface area contributed by atoms with Crippen LogP contribution in [-0.2, 0) is 6.54 Å². The van der Waals surface area contributed by atoms with Gasteiger partial charge in [0, 0.05) is 23.0 Å². The molecule has 118 valence electrons. The van der Waals surface area contributed by atoms with E-state index in [1.165, 1.54) is 0 Å². The highest BCUT2D eigenvalue weighted by molar-refractivity contribution is 6.30. The van der Waals surface area contributed by atoms with Crippen molar-refractivity contribution in [3.63, 3.8) is 0 Å². The fourth-order valence-corrected chi connectivity index (χ4v) is 2.76. The van der Waals surface area contributed by atoms with Crippen LogP contribution < -0.4 is 5.32 Å². The molecule has 5 nitrogen and oxygen atoms in total. The van der Waals surface area contributed by atoms with Crippen LogP contribution in [0.5, 0.6) is 0 Å².